The van der Waals surface area contributed by atoms with E-state index in [1.165, 1.54) is 35.5 Å². The van der Waals surface area contributed by atoms with Crippen LogP contribution in [0, 0.1) is 6.92 Å². The third kappa shape index (κ3) is 4.07. The fraction of sp³-hybridized carbons (Fsp3) is 0.333. The molecule has 0 radical (unpaired) electrons. The van der Waals surface area contributed by atoms with E-state index >= 15 is 0 Å². The number of methoxy groups -OCH3 is 1. The van der Waals surface area contributed by atoms with Gasteiger partial charge in [0.25, 0.3) is 11.7 Å². The maximum atomic E-state index is 13.0. The largest absolute Gasteiger partial charge is 0.507 e. The highest BCUT2D eigenvalue weighted by Gasteiger charge is 2.46. The number of benzene rings is 1. The Kier molecular flexibility index (Phi) is 6.77. The first-order chi connectivity index (χ1) is 14.2. The van der Waals surface area contributed by atoms with E-state index in [2.05, 4.69) is 0 Å². The Hall–Kier alpha value is -2.06. The zero-order valence-corrected chi connectivity index (χ0v) is 19.4. The van der Waals surface area contributed by atoms with Crippen LogP contribution in [0.1, 0.15) is 22.0 Å². The van der Waals surface area contributed by atoms with Crippen molar-refractivity contribution in [1.29, 1.82) is 0 Å². The molecule has 0 aliphatic carbocycles. The predicted octanol–water partition coefficient (Wildman–Crippen LogP) is 4.36. The van der Waals surface area contributed by atoms with Crippen molar-refractivity contribution in [2.75, 3.05) is 34.3 Å². The Bertz CT molecular complexity index is 1010. The molecule has 0 spiro atoms. The van der Waals surface area contributed by atoms with Gasteiger partial charge in [0, 0.05) is 23.5 Å². The maximum Gasteiger partial charge on any atom is 0.295 e. The van der Waals surface area contributed by atoms with Crippen molar-refractivity contribution in [2.45, 2.75) is 13.0 Å². The van der Waals surface area contributed by atoms with Crippen LogP contribution in [0.25, 0.3) is 5.76 Å². The highest BCUT2D eigenvalue weighted by molar-refractivity contribution is 7.10. The molecule has 9 heteroatoms. The van der Waals surface area contributed by atoms with E-state index in [1.54, 1.807) is 0 Å². The summed E-state index contributed by atoms with van der Waals surface area (Å²) in [5.74, 6) is -1.41. The van der Waals surface area contributed by atoms with Gasteiger partial charge in [-0.1, -0.05) is 23.2 Å². The summed E-state index contributed by atoms with van der Waals surface area (Å²) in [6.45, 7) is 2.84. The van der Waals surface area contributed by atoms with Crippen LogP contribution in [0.2, 0.25) is 10.0 Å². The molecule has 30 heavy (non-hydrogen) atoms. The molecule has 3 rings (SSSR count). The lowest BCUT2D eigenvalue weighted by atomic mass is 9.98. The molecule has 1 aliphatic heterocycles. The number of likely N-dealkylation sites (tertiary alicyclic amines) is 1. The topological polar surface area (TPSA) is 70.1 Å². The predicted molar refractivity (Wildman–Crippen MR) is 120 cm³/mol. The molecule has 160 valence electrons. The summed E-state index contributed by atoms with van der Waals surface area (Å²) in [7, 11) is 5.22. The van der Waals surface area contributed by atoms with E-state index in [1.807, 2.05) is 37.4 Å². The van der Waals surface area contributed by atoms with Crippen LogP contribution >= 0.6 is 34.5 Å². The summed E-state index contributed by atoms with van der Waals surface area (Å²) in [5.41, 5.74) is 1.22. The number of carbonyl (C=O) groups excluding carboxylic acids is 2. The van der Waals surface area contributed by atoms with Crippen LogP contribution < -0.4 is 4.74 Å². The van der Waals surface area contributed by atoms with Crippen LogP contribution in [0.15, 0.2) is 29.2 Å². The Balaban J connectivity index is 2.18. The number of ketones is 1. The Morgan fingerprint density at radius 3 is 2.40 bits per heavy atom. The smallest absolute Gasteiger partial charge is 0.295 e. The van der Waals surface area contributed by atoms with Gasteiger partial charge in [-0.15, -0.1) is 11.3 Å². The number of Topliss-reactive ketones (excluding diaryl/α,β-unsaturated/α-hetero) is 1. The average molecular weight is 469 g/mol. The lowest BCUT2D eigenvalue weighted by Crippen LogP contribution is -2.35. The molecule has 6 nitrogen and oxygen atoms in total. The van der Waals surface area contributed by atoms with Crippen molar-refractivity contribution in [3.8, 4) is 5.75 Å². The summed E-state index contributed by atoms with van der Waals surface area (Å²) in [5, 5.41) is 13.4. The SMILES string of the molecule is COc1c(Cl)cc(/C(O)=C2/C(=O)C(=O)N(CCN(C)C)C2c2sccc2C)cc1Cl. The molecule has 1 unspecified atom stereocenters. The van der Waals surface area contributed by atoms with Crippen molar-refractivity contribution in [1.82, 2.24) is 9.80 Å². The fourth-order valence-corrected chi connectivity index (χ4v) is 5.09. The second kappa shape index (κ2) is 8.98. The minimum absolute atomic E-state index is 0.0293. The third-order valence-electron chi connectivity index (χ3n) is 4.95. The summed E-state index contributed by atoms with van der Waals surface area (Å²) in [6.07, 6.45) is 0. The zero-order chi connectivity index (χ0) is 22.2. The van der Waals surface area contributed by atoms with Crippen molar-refractivity contribution in [2.24, 2.45) is 0 Å². The molecule has 1 atom stereocenters. The van der Waals surface area contributed by atoms with E-state index in [0.717, 1.165) is 10.4 Å². The van der Waals surface area contributed by atoms with E-state index in [4.69, 9.17) is 27.9 Å². The van der Waals surface area contributed by atoms with Crippen molar-refractivity contribution < 1.29 is 19.4 Å². The van der Waals surface area contributed by atoms with Gasteiger partial charge in [-0.2, -0.15) is 0 Å². The number of likely N-dealkylation sites (N-methyl/N-ethyl adjacent to an activating group) is 1. The van der Waals surface area contributed by atoms with E-state index in [0.29, 0.717) is 13.1 Å². The number of rotatable bonds is 6. The molecule has 1 saturated heterocycles. The third-order valence-corrected chi connectivity index (χ3v) is 6.59. The monoisotopic (exact) mass is 468 g/mol. The van der Waals surface area contributed by atoms with Crippen LogP contribution in [0.5, 0.6) is 5.75 Å². The van der Waals surface area contributed by atoms with Crippen molar-refractivity contribution in [3.05, 3.63) is 55.2 Å². The first kappa shape index (κ1) is 22.6. The number of nitrogens with zero attached hydrogens (tertiary/aromatic N) is 2. The molecule has 1 fully saturated rings. The molecule has 1 aromatic carbocycles. The lowest BCUT2D eigenvalue weighted by Gasteiger charge is -2.26. The van der Waals surface area contributed by atoms with Crippen LogP contribution in [-0.4, -0.2) is 60.9 Å². The standard InChI is InChI=1S/C21H22Cl2N2O4S/c1-11-5-8-30-20(11)16-15(18(27)21(28)25(16)7-6-24(2)3)17(26)12-9-13(22)19(29-4)14(23)10-12/h5,8-10,16,26H,6-7H2,1-4H3/b17-15-. The second-order valence-electron chi connectivity index (χ2n) is 7.24. The minimum Gasteiger partial charge on any atom is -0.507 e. The average Bonchev–Trinajstić information content (AvgIpc) is 3.20. The number of aliphatic hydroxyl groups excluding tert-OH is 1. The molecule has 2 heterocycles. The minimum atomic E-state index is -0.730. The summed E-state index contributed by atoms with van der Waals surface area (Å²) in [6, 6.07) is 4.18. The van der Waals surface area contributed by atoms with Crippen molar-refractivity contribution >= 4 is 52.0 Å². The maximum absolute atomic E-state index is 13.0. The quantitative estimate of drug-likeness (QED) is 0.387. The highest BCUT2D eigenvalue weighted by Crippen LogP contribution is 2.43. The van der Waals surface area contributed by atoms with Gasteiger partial charge < -0.3 is 19.6 Å². The molecule has 1 aliphatic rings. The molecular formula is C21H22Cl2N2O4S. The Morgan fingerprint density at radius 2 is 1.90 bits per heavy atom. The van der Waals surface area contributed by atoms with Crippen LogP contribution in [-0.2, 0) is 9.59 Å². The normalized spacial score (nSPS) is 18.5. The molecule has 1 aromatic heterocycles. The molecule has 0 saturated carbocycles. The zero-order valence-electron chi connectivity index (χ0n) is 17.0. The van der Waals surface area contributed by atoms with Crippen molar-refractivity contribution in [3.63, 3.8) is 0 Å². The van der Waals surface area contributed by atoms with E-state index in [-0.39, 0.29) is 32.7 Å². The lowest BCUT2D eigenvalue weighted by molar-refractivity contribution is -0.140. The first-order valence-corrected chi connectivity index (χ1v) is 10.8. The number of thiophene rings is 1. The van der Waals surface area contributed by atoms with Gasteiger partial charge in [0.15, 0.2) is 5.75 Å². The Labute approximate surface area is 189 Å². The van der Waals surface area contributed by atoms with Gasteiger partial charge in [-0.25, -0.2) is 0 Å². The number of halogens is 2. The summed E-state index contributed by atoms with van der Waals surface area (Å²) >= 11 is 13.9. The summed E-state index contributed by atoms with van der Waals surface area (Å²) < 4.78 is 5.15. The van der Waals surface area contributed by atoms with Gasteiger partial charge in [0.1, 0.15) is 5.76 Å². The molecule has 1 amide bonds. The van der Waals surface area contributed by atoms with Gasteiger partial charge >= 0.3 is 0 Å². The molecule has 2 aromatic rings. The molecular weight excluding hydrogens is 447 g/mol. The molecule has 1 N–H and O–H groups in total. The Morgan fingerprint density at radius 1 is 1.27 bits per heavy atom. The summed E-state index contributed by atoms with van der Waals surface area (Å²) in [4.78, 5) is 30.1. The van der Waals surface area contributed by atoms with Crippen LogP contribution in [0.4, 0.5) is 0 Å². The van der Waals surface area contributed by atoms with Gasteiger partial charge in [-0.05, 0) is 50.2 Å². The number of aliphatic hydroxyl groups is 1. The first-order valence-electron chi connectivity index (χ1n) is 9.17. The molecule has 0 bridgehead atoms. The van der Waals surface area contributed by atoms with Gasteiger partial charge in [0.2, 0.25) is 0 Å². The van der Waals surface area contributed by atoms with Gasteiger partial charge in [0.05, 0.1) is 28.8 Å². The van der Waals surface area contributed by atoms with E-state index in [9.17, 15) is 14.7 Å². The number of carbonyl (C=O) groups is 2. The number of hydrogen-bond donors (Lipinski definition) is 1. The number of aryl methyl sites for hydroxylation is 1. The van der Waals surface area contributed by atoms with Crippen LogP contribution in [0.3, 0.4) is 0 Å². The highest BCUT2D eigenvalue weighted by atomic mass is 35.5. The van der Waals surface area contributed by atoms with Gasteiger partial charge in [-0.3, -0.25) is 9.59 Å². The van der Waals surface area contributed by atoms with E-state index < -0.39 is 17.7 Å². The fourth-order valence-electron chi connectivity index (χ4n) is 3.40. The number of hydrogen-bond acceptors (Lipinski definition) is 6. The number of ether oxygens (including phenoxy) is 1. The second-order valence-corrected chi connectivity index (χ2v) is 9.00. The number of amides is 1.